The maximum atomic E-state index is 14.1. The van der Waals surface area contributed by atoms with Gasteiger partial charge in [-0.3, -0.25) is 9.59 Å². The summed E-state index contributed by atoms with van der Waals surface area (Å²) < 4.78 is 172. The number of anilines is 1. The van der Waals surface area contributed by atoms with Gasteiger partial charge in [-0.1, -0.05) is 12.8 Å². The van der Waals surface area contributed by atoms with Crippen LogP contribution in [0.5, 0.6) is 0 Å². The van der Waals surface area contributed by atoms with Crippen molar-refractivity contribution < 1.29 is 66.7 Å². The molecule has 0 unspecified atom stereocenters. The van der Waals surface area contributed by atoms with E-state index in [4.69, 9.17) is 5.73 Å². The standard InChI is InChI=1S/C18H15F13N2O2S/c19-13(20,14(21,22)15(23,24)16(25,26)17(27,28)18(29,30)31)12(35)33-11-9(10(32)34)7-5-3-1-2-4-6-8(7)36-11/h1-6H2,(H2,32,34)(H,33,35). The van der Waals surface area contributed by atoms with Crippen LogP contribution >= 0.6 is 11.3 Å². The summed E-state index contributed by atoms with van der Waals surface area (Å²) in [5.74, 6) is -43.7. The van der Waals surface area contributed by atoms with E-state index in [1.807, 2.05) is 0 Å². The lowest BCUT2D eigenvalue weighted by Crippen LogP contribution is -2.71. The van der Waals surface area contributed by atoms with Crippen LogP contribution in [0.2, 0.25) is 0 Å². The molecule has 0 aromatic carbocycles. The van der Waals surface area contributed by atoms with E-state index in [-0.39, 0.29) is 23.3 Å². The summed E-state index contributed by atoms with van der Waals surface area (Å²) >= 11 is 0.373. The molecule has 1 aromatic rings. The fourth-order valence-corrected chi connectivity index (χ4v) is 4.65. The average molecular weight is 570 g/mol. The second kappa shape index (κ2) is 9.24. The van der Waals surface area contributed by atoms with Crippen molar-refractivity contribution in [2.45, 2.75) is 74.3 Å². The van der Waals surface area contributed by atoms with Gasteiger partial charge in [0.25, 0.3) is 5.91 Å². The van der Waals surface area contributed by atoms with Crippen LogP contribution in [0.25, 0.3) is 0 Å². The second-order valence-corrected chi connectivity index (χ2v) is 8.92. The number of fused-ring (bicyclic) bond motifs is 1. The number of halogens is 13. The minimum atomic E-state index is -8.12. The van der Waals surface area contributed by atoms with Gasteiger partial charge >= 0.3 is 41.7 Å². The van der Waals surface area contributed by atoms with E-state index in [1.54, 1.807) is 0 Å². The first kappa shape index (κ1) is 30.0. The van der Waals surface area contributed by atoms with E-state index in [0.29, 0.717) is 37.0 Å². The average Bonchev–Trinajstić information content (AvgIpc) is 3.02. The zero-order valence-corrected chi connectivity index (χ0v) is 18.3. The summed E-state index contributed by atoms with van der Waals surface area (Å²) in [7, 11) is 0. The first-order valence-electron chi connectivity index (χ1n) is 9.77. The summed E-state index contributed by atoms with van der Waals surface area (Å²) in [6.45, 7) is 0. The van der Waals surface area contributed by atoms with Crippen molar-refractivity contribution in [1.82, 2.24) is 0 Å². The number of amides is 2. The van der Waals surface area contributed by atoms with Gasteiger partial charge in [-0.25, -0.2) is 0 Å². The molecule has 4 nitrogen and oxygen atoms in total. The zero-order valence-electron chi connectivity index (χ0n) is 17.5. The number of nitrogens with one attached hydrogen (secondary N) is 1. The monoisotopic (exact) mass is 570 g/mol. The number of alkyl halides is 13. The van der Waals surface area contributed by atoms with E-state index in [2.05, 4.69) is 0 Å². The van der Waals surface area contributed by atoms with Crippen LogP contribution in [0.15, 0.2) is 0 Å². The lowest BCUT2D eigenvalue weighted by atomic mass is 9.93. The van der Waals surface area contributed by atoms with E-state index < -0.39 is 58.2 Å². The van der Waals surface area contributed by atoms with Crippen molar-refractivity contribution in [2.24, 2.45) is 5.73 Å². The largest absolute Gasteiger partial charge is 0.460 e. The van der Waals surface area contributed by atoms with Gasteiger partial charge in [0, 0.05) is 4.88 Å². The lowest BCUT2D eigenvalue weighted by Gasteiger charge is -2.39. The van der Waals surface area contributed by atoms with Gasteiger partial charge in [0.15, 0.2) is 0 Å². The van der Waals surface area contributed by atoms with Gasteiger partial charge in [0.2, 0.25) is 0 Å². The molecule has 0 radical (unpaired) electrons. The Labute approximate surface area is 197 Å². The highest BCUT2D eigenvalue weighted by Gasteiger charge is 2.91. The van der Waals surface area contributed by atoms with Crippen LogP contribution in [0.3, 0.4) is 0 Å². The number of aryl methyl sites for hydroxylation is 1. The molecule has 1 aliphatic rings. The Morgan fingerprint density at radius 2 is 1.17 bits per heavy atom. The highest BCUT2D eigenvalue weighted by atomic mass is 32.1. The predicted molar refractivity (Wildman–Crippen MR) is 98.1 cm³/mol. The van der Waals surface area contributed by atoms with Crippen LogP contribution in [0.1, 0.15) is 46.5 Å². The van der Waals surface area contributed by atoms with Gasteiger partial charge in [0.1, 0.15) is 5.00 Å². The van der Waals surface area contributed by atoms with E-state index in [0.717, 1.165) is 5.32 Å². The van der Waals surface area contributed by atoms with Gasteiger partial charge in [-0.2, -0.15) is 57.1 Å². The zero-order chi connectivity index (χ0) is 28.1. The molecular formula is C18H15F13N2O2S. The van der Waals surface area contributed by atoms with E-state index >= 15 is 0 Å². The van der Waals surface area contributed by atoms with Crippen molar-refractivity contribution in [3.8, 4) is 0 Å². The summed E-state index contributed by atoms with van der Waals surface area (Å²) in [5.41, 5.74) is 4.62. The topological polar surface area (TPSA) is 72.2 Å². The summed E-state index contributed by atoms with van der Waals surface area (Å²) in [5, 5.41) is 0.0503. The molecule has 0 fully saturated rings. The molecule has 18 heteroatoms. The van der Waals surface area contributed by atoms with Crippen LogP contribution in [-0.2, 0) is 17.6 Å². The maximum Gasteiger partial charge on any atom is 0.460 e. The molecular weight excluding hydrogens is 555 g/mol. The summed E-state index contributed by atoms with van der Waals surface area (Å²) in [6, 6.07) is 0. The minimum absolute atomic E-state index is 0.114. The molecule has 206 valence electrons. The van der Waals surface area contributed by atoms with Crippen molar-refractivity contribution in [3.05, 3.63) is 16.0 Å². The van der Waals surface area contributed by atoms with Crippen LogP contribution in [-0.4, -0.2) is 47.6 Å². The smallest absolute Gasteiger partial charge is 0.365 e. The normalized spacial score (nSPS) is 16.7. The number of carbonyl (C=O) groups is 2. The summed E-state index contributed by atoms with van der Waals surface area (Å²) in [4.78, 5) is 23.9. The van der Waals surface area contributed by atoms with Crippen molar-refractivity contribution in [3.63, 3.8) is 0 Å². The highest BCUT2D eigenvalue weighted by Crippen LogP contribution is 2.60. The quantitative estimate of drug-likeness (QED) is 0.385. The van der Waals surface area contributed by atoms with Crippen LogP contribution in [0, 0.1) is 0 Å². The number of primary amides is 1. The van der Waals surface area contributed by atoms with Crippen molar-refractivity contribution in [1.29, 1.82) is 0 Å². The molecule has 0 bridgehead atoms. The third-order valence-corrected chi connectivity index (χ3v) is 6.57. The molecule has 36 heavy (non-hydrogen) atoms. The number of hydrogen-bond donors (Lipinski definition) is 2. The van der Waals surface area contributed by atoms with Gasteiger partial charge in [-0.05, 0) is 31.2 Å². The van der Waals surface area contributed by atoms with Gasteiger partial charge in [0.05, 0.1) is 5.56 Å². The predicted octanol–water partition coefficient (Wildman–Crippen LogP) is 6.18. The Kier molecular flexibility index (Phi) is 7.69. The SMILES string of the molecule is NC(=O)c1c(NC(=O)C(F)(F)C(F)(F)C(F)(F)C(F)(F)C(F)(F)C(F)(F)F)sc2c1CCCCCC2. The third kappa shape index (κ3) is 4.49. The molecule has 2 rings (SSSR count). The number of rotatable bonds is 7. The Hall–Kier alpha value is -2.27. The van der Waals surface area contributed by atoms with Crippen molar-refractivity contribution >= 4 is 28.2 Å². The Morgan fingerprint density at radius 1 is 0.694 bits per heavy atom. The third-order valence-electron chi connectivity index (χ3n) is 5.36. The maximum absolute atomic E-state index is 14.1. The Balaban J connectivity index is 2.51. The number of carbonyl (C=O) groups excluding carboxylic acids is 2. The molecule has 0 saturated heterocycles. The highest BCUT2D eigenvalue weighted by molar-refractivity contribution is 7.17. The molecule has 1 heterocycles. The van der Waals surface area contributed by atoms with Gasteiger partial charge in [-0.15, -0.1) is 11.3 Å². The number of hydrogen-bond acceptors (Lipinski definition) is 3. The second-order valence-electron chi connectivity index (χ2n) is 7.81. The first-order valence-corrected chi connectivity index (χ1v) is 10.6. The molecule has 0 aliphatic heterocycles. The first-order chi connectivity index (χ1) is 16.1. The molecule has 0 spiro atoms. The van der Waals surface area contributed by atoms with Crippen LogP contribution < -0.4 is 11.1 Å². The van der Waals surface area contributed by atoms with Crippen molar-refractivity contribution in [2.75, 3.05) is 5.32 Å². The molecule has 1 aromatic heterocycles. The minimum Gasteiger partial charge on any atom is -0.365 e. The van der Waals surface area contributed by atoms with E-state index in [9.17, 15) is 66.7 Å². The lowest BCUT2D eigenvalue weighted by molar-refractivity contribution is -0.435. The number of thiophene rings is 1. The molecule has 0 saturated carbocycles. The molecule has 2 amide bonds. The van der Waals surface area contributed by atoms with Gasteiger partial charge < -0.3 is 11.1 Å². The fourth-order valence-electron chi connectivity index (χ4n) is 3.36. The molecule has 0 atom stereocenters. The fraction of sp³-hybridized carbons (Fsp3) is 0.667. The molecule has 3 N–H and O–H groups in total. The Bertz CT molecular complexity index is 1020. The van der Waals surface area contributed by atoms with E-state index in [1.165, 1.54) is 0 Å². The number of nitrogens with two attached hydrogens (primary N) is 1. The summed E-state index contributed by atoms with van der Waals surface area (Å²) in [6.07, 6.45) is -4.94. The Morgan fingerprint density at radius 3 is 1.64 bits per heavy atom. The van der Waals surface area contributed by atoms with Crippen LogP contribution in [0.4, 0.5) is 62.1 Å². The molecule has 1 aliphatic carbocycles.